The van der Waals surface area contributed by atoms with E-state index in [0.717, 1.165) is 4.88 Å². The number of halogens is 1. The SMILES string of the molecule is OC(c1ccc(Cl)s1)C1COc2ccccc2O1. The van der Waals surface area contributed by atoms with Crippen LogP contribution in [0.25, 0.3) is 0 Å². The summed E-state index contributed by atoms with van der Waals surface area (Å²) in [5.74, 6) is 1.38. The molecule has 1 aliphatic heterocycles. The third kappa shape index (κ3) is 2.19. The average Bonchev–Trinajstić information content (AvgIpc) is 2.84. The number of hydrogen-bond acceptors (Lipinski definition) is 4. The Morgan fingerprint density at radius 3 is 2.72 bits per heavy atom. The van der Waals surface area contributed by atoms with Gasteiger partial charge in [-0.25, -0.2) is 0 Å². The van der Waals surface area contributed by atoms with Crippen molar-refractivity contribution in [2.45, 2.75) is 12.2 Å². The number of aliphatic hydroxyl groups is 1. The summed E-state index contributed by atoms with van der Waals surface area (Å²) in [6, 6.07) is 11.0. The highest BCUT2D eigenvalue weighted by molar-refractivity contribution is 7.16. The summed E-state index contributed by atoms with van der Waals surface area (Å²) in [4.78, 5) is 0.785. The van der Waals surface area contributed by atoms with E-state index >= 15 is 0 Å². The van der Waals surface area contributed by atoms with Gasteiger partial charge in [-0.2, -0.15) is 0 Å². The molecule has 5 heteroatoms. The first-order valence-corrected chi connectivity index (χ1v) is 6.75. The maximum atomic E-state index is 10.2. The topological polar surface area (TPSA) is 38.7 Å². The van der Waals surface area contributed by atoms with Crippen molar-refractivity contribution in [1.29, 1.82) is 0 Å². The molecule has 3 rings (SSSR count). The Labute approximate surface area is 114 Å². The van der Waals surface area contributed by atoms with E-state index < -0.39 is 12.2 Å². The molecule has 1 aromatic heterocycles. The second kappa shape index (κ2) is 4.80. The molecule has 0 fully saturated rings. The van der Waals surface area contributed by atoms with Gasteiger partial charge in [0, 0.05) is 4.88 Å². The standard InChI is InChI=1S/C13H11ClO3S/c14-12-6-5-11(18-12)13(15)10-7-16-8-3-1-2-4-9(8)17-10/h1-6,10,13,15H,7H2. The first-order valence-electron chi connectivity index (χ1n) is 5.56. The summed E-state index contributed by atoms with van der Waals surface area (Å²) in [6.07, 6.45) is -1.13. The summed E-state index contributed by atoms with van der Waals surface area (Å²) in [6.45, 7) is 0.327. The zero-order valence-corrected chi connectivity index (χ0v) is 10.9. The molecule has 2 heterocycles. The van der Waals surface area contributed by atoms with E-state index in [2.05, 4.69) is 0 Å². The van der Waals surface area contributed by atoms with E-state index in [-0.39, 0.29) is 0 Å². The quantitative estimate of drug-likeness (QED) is 0.919. The largest absolute Gasteiger partial charge is 0.486 e. The molecule has 1 N–H and O–H groups in total. The Hall–Kier alpha value is -1.23. The Balaban J connectivity index is 1.79. The van der Waals surface area contributed by atoms with Crippen molar-refractivity contribution >= 4 is 22.9 Å². The minimum atomic E-state index is -0.726. The van der Waals surface area contributed by atoms with Crippen molar-refractivity contribution in [3.05, 3.63) is 45.6 Å². The Morgan fingerprint density at radius 2 is 2.00 bits per heavy atom. The smallest absolute Gasteiger partial charge is 0.163 e. The molecule has 94 valence electrons. The number of thiophene rings is 1. The fraction of sp³-hybridized carbons (Fsp3) is 0.231. The molecule has 0 saturated heterocycles. The van der Waals surface area contributed by atoms with Gasteiger partial charge in [0.1, 0.15) is 12.7 Å². The minimum Gasteiger partial charge on any atom is -0.486 e. The molecule has 3 nitrogen and oxygen atoms in total. The lowest BCUT2D eigenvalue weighted by Crippen LogP contribution is -2.34. The maximum absolute atomic E-state index is 10.2. The van der Waals surface area contributed by atoms with Crippen molar-refractivity contribution < 1.29 is 14.6 Å². The van der Waals surface area contributed by atoms with Crippen LogP contribution in [0.3, 0.4) is 0 Å². The summed E-state index contributed by atoms with van der Waals surface area (Å²) < 4.78 is 12.0. The minimum absolute atomic E-state index is 0.327. The van der Waals surface area contributed by atoms with Crippen LogP contribution < -0.4 is 9.47 Å². The molecule has 2 aromatic rings. The molecule has 0 radical (unpaired) electrons. The van der Waals surface area contributed by atoms with Crippen LogP contribution in [0, 0.1) is 0 Å². The second-order valence-corrected chi connectivity index (χ2v) is 5.75. The molecule has 2 atom stereocenters. The first-order chi connectivity index (χ1) is 8.74. The molecule has 2 unspecified atom stereocenters. The van der Waals surface area contributed by atoms with Gasteiger partial charge in [0.2, 0.25) is 0 Å². The number of aliphatic hydroxyl groups excluding tert-OH is 1. The monoisotopic (exact) mass is 282 g/mol. The molecule has 18 heavy (non-hydrogen) atoms. The van der Waals surface area contributed by atoms with Crippen LogP contribution in [0.5, 0.6) is 11.5 Å². The summed E-state index contributed by atoms with van der Waals surface area (Å²) >= 11 is 7.21. The average molecular weight is 283 g/mol. The molecule has 0 bridgehead atoms. The van der Waals surface area contributed by atoms with Crippen LogP contribution in [-0.4, -0.2) is 17.8 Å². The normalized spacial score (nSPS) is 19.6. The predicted octanol–water partition coefficient (Wildman–Crippen LogP) is 3.27. The lowest BCUT2D eigenvalue weighted by molar-refractivity contribution is -0.00959. The van der Waals surface area contributed by atoms with Crippen LogP contribution >= 0.6 is 22.9 Å². The Bertz CT molecular complexity index is 555. The van der Waals surface area contributed by atoms with Crippen LogP contribution in [0.2, 0.25) is 4.34 Å². The van der Waals surface area contributed by atoms with Crippen molar-refractivity contribution in [2.75, 3.05) is 6.61 Å². The zero-order valence-electron chi connectivity index (χ0n) is 9.38. The fourth-order valence-corrected chi connectivity index (χ4v) is 2.96. The van der Waals surface area contributed by atoms with E-state index in [1.54, 1.807) is 6.07 Å². The highest BCUT2D eigenvalue weighted by Gasteiger charge is 2.29. The highest BCUT2D eigenvalue weighted by atomic mass is 35.5. The Kier molecular flexibility index (Phi) is 3.16. The first kappa shape index (κ1) is 11.8. The third-order valence-electron chi connectivity index (χ3n) is 2.77. The fourth-order valence-electron chi connectivity index (χ4n) is 1.86. The van der Waals surface area contributed by atoms with Gasteiger partial charge in [0.05, 0.1) is 4.34 Å². The molecular weight excluding hydrogens is 272 g/mol. The van der Waals surface area contributed by atoms with Gasteiger partial charge < -0.3 is 14.6 Å². The van der Waals surface area contributed by atoms with Crippen LogP contribution in [-0.2, 0) is 0 Å². The Morgan fingerprint density at radius 1 is 1.22 bits per heavy atom. The molecular formula is C13H11ClO3S. The van der Waals surface area contributed by atoms with E-state index in [9.17, 15) is 5.11 Å². The van der Waals surface area contributed by atoms with E-state index in [1.807, 2.05) is 30.3 Å². The number of hydrogen-bond donors (Lipinski definition) is 1. The van der Waals surface area contributed by atoms with Crippen molar-refractivity contribution in [3.8, 4) is 11.5 Å². The lowest BCUT2D eigenvalue weighted by atomic mass is 10.1. The highest BCUT2D eigenvalue weighted by Crippen LogP contribution is 2.36. The molecule has 1 aliphatic rings. The van der Waals surface area contributed by atoms with Gasteiger partial charge in [0.15, 0.2) is 17.6 Å². The number of benzene rings is 1. The molecule has 0 saturated carbocycles. The molecule has 0 aliphatic carbocycles. The predicted molar refractivity (Wildman–Crippen MR) is 70.6 cm³/mol. The van der Waals surface area contributed by atoms with Crippen molar-refractivity contribution in [2.24, 2.45) is 0 Å². The summed E-state index contributed by atoms with van der Waals surface area (Å²) in [7, 11) is 0. The van der Waals surface area contributed by atoms with Crippen LogP contribution in [0.1, 0.15) is 11.0 Å². The van der Waals surface area contributed by atoms with E-state index in [4.69, 9.17) is 21.1 Å². The zero-order chi connectivity index (χ0) is 12.5. The molecule has 0 spiro atoms. The number of fused-ring (bicyclic) bond motifs is 1. The van der Waals surface area contributed by atoms with Gasteiger partial charge in [-0.1, -0.05) is 23.7 Å². The maximum Gasteiger partial charge on any atom is 0.163 e. The van der Waals surface area contributed by atoms with Crippen LogP contribution in [0.15, 0.2) is 36.4 Å². The van der Waals surface area contributed by atoms with Crippen molar-refractivity contribution in [3.63, 3.8) is 0 Å². The molecule has 0 amide bonds. The van der Waals surface area contributed by atoms with Gasteiger partial charge in [-0.15, -0.1) is 11.3 Å². The summed E-state index contributed by atoms with van der Waals surface area (Å²) in [5.41, 5.74) is 0. The third-order valence-corrected chi connectivity index (χ3v) is 4.07. The number of rotatable bonds is 2. The van der Waals surface area contributed by atoms with Crippen molar-refractivity contribution in [1.82, 2.24) is 0 Å². The van der Waals surface area contributed by atoms with Gasteiger partial charge in [-0.3, -0.25) is 0 Å². The van der Waals surface area contributed by atoms with Gasteiger partial charge in [0.25, 0.3) is 0 Å². The van der Waals surface area contributed by atoms with Gasteiger partial charge in [-0.05, 0) is 24.3 Å². The van der Waals surface area contributed by atoms with E-state index in [0.29, 0.717) is 22.4 Å². The van der Waals surface area contributed by atoms with Crippen LogP contribution in [0.4, 0.5) is 0 Å². The second-order valence-electron chi connectivity index (χ2n) is 4.00. The van der Waals surface area contributed by atoms with E-state index in [1.165, 1.54) is 11.3 Å². The summed E-state index contributed by atoms with van der Waals surface area (Å²) in [5, 5.41) is 10.2. The number of para-hydroxylation sites is 2. The van der Waals surface area contributed by atoms with Gasteiger partial charge >= 0.3 is 0 Å². The molecule has 1 aromatic carbocycles. The number of ether oxygens (including phenoxy) is 2. The lowest BCUT2D eigenvalue weighted by Gasteiger charge is -2.29.